The second-order valence-electron chi connectivity index (χ2n) is 5.06. The van der Waals surface area contributed by atoms with Gasteiger partial charge in [0.15, 0.2) is 5.76 Å². The minimum absolute atomic E-state index is 0.451. The van der Waals surface area contributed by atoms with Crippen LogP contribution in [0.15, 0.2) is 39.3 Å². The Morgan fingerprint density at radius 1 is 1.25 bits per heavy atom. The summed E-state index contributed by atoms with van der Waals surface area (Å²) in [7, 11) is 0. The monoisotopic (exact) mass is 336 g/mol. The lowest BCUT2D eigenvalue weighted by molar-refractivity contribution is 0.0883. The molecule has 0 unspecified atom stereocenters. The van der Waals surface area contributed by atoms with Gasteiger partial charge in [-0.1, -0.05) is 33.2 Å². The van der Waals surface area contributed by atoms with Crippen LogP contribution in [0.5, 0.6) is 0 Å². The Balaban J connectivity index is 1.42. The summed E-state index contributed by atoms with van der Waals surface area (Å²) >= 11 is 3.41. The molecule has 2 aromatic rings. The summed E-state index contributed by atoms with van der Waals surface area (Å²) in [6.07, 6.45) is 2.56. The van der Waals surface area contributed by atoms with Gasteiger partial charge >= 0.3 is 0 Å². The summed E-state index contributed by atoms with van der Waals surface area (Å²) in [4.78, 5) is 0. The van der Waals surface area contributed by atoms with Crippen molar-refractivity contribution in [3.8, 4) is 0 Å². The Bertz CT molecular complexity index is 549. The minimum Gasteiger partial charge on any atom is -0.369 e. The topological polar surface area (TPSA) is 47.3 Å². The summed E-state index contributed by atoms with van der Waals surface area (Å²) in [5.41, 5.74) is 2.09. The van der Waals surface area contributed by atoms with E-state index in [0.717, 1.165) is 28.0 Å². The zero-order valence-electron chi connectivity index (χ0n) is 11.1. The molecule has 0 spiro atoms. The zero-order valence-corrected chi connectivity index (χ0v) is 12.7. The Morgan fingerprint density at radius 3 is 2.80 bits per heavy atom. The Labute approximate surface area is 126 Å². The first kappa shape index (κ1) is 13.8. The van der Waals surface area contributed by atoms with Gasteiger partial charge in [-0.2, -0.15) is 0 Å². The molecule has 1 heterocycles. The van der Waals surface area contributed by atoms with Crippen LogP contribution in [-0.2, 0) is 24.5 Å². The Hall–Kier alpha value is -1.17. The van der Waals surface area contributed by atoms with E-state index < -0.39 is 0 Å². The van der Waals surface area contributed by atoms with Gasteiger partial charge in [-0.25, -0.2) is 0 Å². The fourth-order valence-electron chi connectivity index (χ4n) is 1.89. The van der Waals surface area contributed by atoms with E-state index in [1.165, 1.54) is 12.8 Å². The molecule has 1 aromatic carbocycles. The van der Waals surface area contributed by atoms with Crippen LogP contribution in [0.4, 0.5) is 0 Å². The summed E-state index contributed by atoms with van der Waals surface area (Å²) in [5, 5.41) is 7.44. The van der Waals surface area contributed by atoms with E-state index >= 15 is 0 Å². The Morgan fingerprint density at radius 2 is 2.05 bits per heavy atom. The van der Waals surface area contributed by atoms with Crippen molar-refractivity contribution < 1.29 is 9.26 Å². The molecular formula is C15H17BrN2O2. The quantitative estimate of drug-likeness (QED) is 0.841. The van der Waals surface area contributed by atoms with Gasteiger partial charge in [0.25, 0.3) is 0 Å². The van der Waals surface area contributed by atoms with Crippen LogP contribution in [-0.4, -0.2) is 11.2 Å². The molecule has 0 amide bonds. The molecule has 5 heteroatoms. The van der Waals surface area contributed by atoms with Crippen LogP contribution in [0.3, 0.4) is 0 Å². The van der Waals surface area contributed by atoms with Gasteiger partial charge in [0.05, 0.1) is 12.3 Å². The highest BCUT2D eigenvalue weighted by Gasteiger charge is 2.20. The summed E-state index contributed by atoms with van der Waals surface area (Å²) in [6.45, 7) is 1.80. The zero-order chi connectivity index (χ0) is 13.8. The molecule has 0 bridgehead atoms. The third kappa shape index (κ3) is 4.16. The number of nitrogens with one attached hydrogen (secondary N) is 1. The van der Waals surface area contributed by atoms with Crippen LogP contribution in [0.2, 0.25) is 0 Å². The van der Waals surface area contributed by atoms with Crippen LogP contribution >= 0.6 is 15.9 Å². The molecule has 106 valence electrons. The molecule has 1 N–H and O–H groups in total. The number of hydrogen-bond acceptors (Lipinski definition) is 4. The maximum absolute atomic E-state index is 5.63. The predicted molar refractivity (Wildman–Crippen MR) is 79.0 cm³/mol. The average Bonchev–Trinajstić information content (AvgIpc) is 3.18. The van der Waals surface area contributed by atoms with E-state index in [1.54, 1.807) is 0 Å². The van der Waals surface area contributed by atoms with Crippen molar-refractivity contribution in [1.29, 1.82) is 0 Å². The fourth-order valence-corrected chi connectivity index (χ4v) is 2.16. The van der Waals surface area contributed by atoms with Crippen molar-refractivity contribution in [1.82, 2.24) is 10.5 Å². The molecule has 0 saturated heterocycles. The maximum Gasteiger partial charge on any atom is 0.162 e. The third-order valence-electron chi connectivity index (χ3n) is 3.18. The third-order valence-corrected chi connectivity index (χ3v) is 3.71. The molecule has 1 aliphatic carbocycles. The molecule has 3 rings (SSSR count). The van der Waals surface area contributed by atoms with Gasteiger partial charge in [-0.05, 0) is 30.5 Å². The van der Waals surface area contributed by atoms with Gasteiger partial charge in [-0.3, -0.25) is 0 Å². The number of hydrogen-bond donors (Lipinski definition) is 1. The second-order valence-corrected chi connectivity index (χ2v) is 5.97. The molecule has 20 heavy (non-hydrogen) atoms. The number of aromatic nitrogens is 1. The Kier molecular flexibility index (Phi) is 4.50. The number of rotatable bonds is 7. The number of nitrogens with zero attached hydrogens (tertiary/aromatic N) is 1. The predicted octanol–water partition coefficient (Wildman–Crippen LogP) is 3.41. The average molecular weight is 337 g/mol. The largest absolute Gasteiger partial charge is 0.369 e. The number of halogens is 1. The lowest BCUT2D eigenvalue weighted by Gasteiger charge is -2.02. The highest BCUT2D eigenvalue weighted by molar-refractivity contribution is 9.10. The molecule has 0 aliphatic heterocycles. The van der Waals surface area contributed by atoms with E-state index in [2.05, 4.69) is 26.4 Å². The highest BCUT2D eigenvalue weighted by atomic mass is 79.9. The highest BCUT2D eigenvalue weighted by Crippen LogP contribution is 2.19. The molecule has 1 aromatic heterocycles. The molecule has 4 nitrogen and oxygen atoms in total. The molecular weight excluding hydrogens is 320 g/mol. The molecule has 1 fully saturated rings. The summed E-state index contributed by atoms with van der Waals surface area (Å²) < 4.78 is 12.0. The van der Waals surface area contributed by atoms with Gasteiger partial charge in [0, 0.05) is 23.1 Å². The number of ether oxygens (including phenoxy) is 1. The van der Waals surface area contributed by atoms with Gasteiger partial charge in [-0.15, -0.1) is 0 Å². The van der Waals surface area contributed by atoms with Crippen LogP contribution in [0.25, 0.3) is 0 Å². The van der Waals surface area contributed by atoms with Gasteiger partial charge < -0.3 is 14.6 Å². The van der Waals surface area contributed by atoms with Crippen molar-refractivity contribution in [2.45, 2.75) is 38.6 Å². The summed E-state index contributed by atoms with van der Waals surface area (Å²) in [6, 6.07) is 10.7. The van der Waals surface area contributed by atoms with Crippen LogP contribution in [0, 0.1) is 0 Å². The molecule has 0 atom stereocenters. The van der Waals surface area contributed by atoms with Crippen LogP contribution in [0.1, 0.15) is 29.9 Å². The van der Waals surface area contributed by atoms with Crippen molar-refractivity contribution >= 4 is 15.9 Å². The van der Waals surface area contributed by atoms with E-state index in [-0.39, 0.29) is 0 Å². The van der Waals surface area contributed by atoms with Gasteiger partial charge in [0.1, 0.15) is 6.61 Å². The van der Waals surface area contributed by atoms with Gasteiger partial charge in [0.2, 0.25) is 0 Å². The first-order valence-corrected chi connectivity index (χ1v) is 7.59. The normalized spacial score (nSPS) is 14.7. The first-order valence-electron chi connectivity index (χ1n) is 6.79. The standard InChI is InChI=1S/C15H17BrN2O2/c16-12-3-1-11(2-4-12)9-19-10-15-7-14(18-20-15)8-17-13-5-6-13/h1-4,7,13,17H,5-6,8-10H2. The lowest BCUT2D eigenvalue weighted by atomic mass is 10.2. The minimum atomic E-state index is 0.451. The lowest BCUT2D eigenvalue weighted by Crippen LogP contribution is -2.15. The van der Waals surface area contributed by atoms with E-state index in [9.17, 15) is 0 Å². The summed E-state index contributed by atoms with van der Waals surface area (Å²) in [5.74, 6) is 0.773. The smallest absolute Gasteiger partial charge is 0.162 e. The molecule has 1 saturated carbocycles. The second kappa shape index (κ2) is 6.52. The number of benzene rings is 1. The van der Waals surface area contributed by atoms with E-state index in [4.69, 9.17) is 9.26 Å². The van der Waals surface area contributed by atoms with Crippen molar-refractivity contribution in [3.63, 3.8) is 0 Å². The van der Waals surface area contributed by atoms with Crippen molar-refractivity contribution in [2.75, 3.05) is 0 Å². The van der Waals surface area contributed by atoms with E-state index in [0.29, 0.717) is 19.3 Å². The van der Waals surface area contributed by atoms with Crippen molar-refractivity contribution in [2.24, 2.45) is 0 Å². The van der Waals surface area contributed by atoms with Crippen LogP contribution < -0.4 is 5.32 Å². The SMILES string of the molecule is Brc1ccc(COCc2cc(CNC3CC3)no2)cc1. The maximum atomic E-state index is 5.63. The van der Waals surface area contributed by atoms with E-state index in [1.807, 2.05) is 30.3 Å². The van der Waals surface area contributed by atoms with Crippen molar-refractivity contribution in [3.05, 3.63) is 51.8 Å². The molecule has 0 radical (unpaired) electrons. The fraction of sp³-hybridized carbons (Fsp3) is 0.400. The molecule has 1 aliphatic rings. The first-order chi connectivity index (χ1) is 9.79.